The van der Waals surface area contributed by atoms with E-state index >= 15 is 0 Å². The van der Waals surface area contributed by atoms with Gasteiger partial charge in [0, 0.05) is 34.2 Å². The largest absolute Gasteiger partial charge is 0.504 e. The smallest absolute Gasteiger partial charge is 0.238 e. The molecule has 6 atom stereocenters. The maximum absolute atomic E-state index is 14.6. The number of ether oxygens (including phenoxy) is 1. The van der Waals surface area contributed by atoms with Gasteiger partial charge in [-0.1, -0.05) is 60.2 Å². The predicted octanol–water partition coefficient (Wildman–Crippen LogP) is 7.93. The van der Waals surface area contributed by atoms with Crippen molar-refractivity contribution in [1.29, 1.82) is 0 Å². The number of methoxy groups -OCH3 is 1. The van der Waals surface area contributed by atoms with Gasteiger partial charge in [0.2, 0.25) is 23.6 Å². The van der Waals surface area contributed by atoms with Crippen molar-refractivity contribution >= 4 is 57.8 Å². The van der Waals surface area contributed by atoms with E-state index in [4.69, 9.17) is 4.74 Å². The van der Waals surface area contributed by atoms with Crippen LogP contribution in [0.1, 0.15) is 24.3 Å². The minimum atomic E-state index is -0.834. The fourth-order valence-electron chi connectivity index (χ4n) is 9.16. The second kappa shape index (κ2) is 13.6. The summed E-state index contributed by atoms with van der Waals surface area (Å²) in [7, 11) is 1.46. The molecule has 2 heterocycles. The third-order valence-electron chi connectivity index (χ3n) is 11.6. The van der Waals surface area contributed by atoms with Crippen LogP contribution in [0, 0.1) is 29.6 Å². The van der Waals surface area contributed by atoms with Crippen LogP contribution >= 0.6 is 0 Å². The first-order chi connectivity index (χ1) is 26.8. The third-order valence-corrected chi connectivity index (χ3v) is 11.6. The fraction of sp³-hybridized carbons (Fsp3) is 0.200. The van der Waals surface area contributed by atoms with Crippen LogP contribution in [0.2, 0.25) is 0 Å². The number of para-hydroxylation sites is 3. The van der Waals surface area contributed by atoms with Crippen molar-refractivity contribution in [2.75, 3.05) is 27.5 Å². The Labute approximate surface area is 318 Å². The molecule has 2 aliphatic heterocycles. The molecule has 4 aliphatic rings. The van der Waals surface area contributed by atoms with Gasteiger partial charge in [-0.25, -0.2) is 0 Å². The van der Waals surface area contributed by atoms with Crippen LogP contribution in [-0.2, 0) is 19.2 Å². The van der Waals surface area contributed by atoms with Gasteiger partial charge in [-0.15, -0.1) is 0 Å². The van der Waals surface area contributed by atoms with Crippen LogP contribution in [-0.4, -0.2) is 35.8 Å². The van der Waals surface area contributed by atoms with E-state index in [0.29, 0.717) is 23.4 Å². The Bertz CT molecular complexity index is 2350. The lowest BCUT2D eigenvalue weighted by atomic mass is 9.57. The Hall–Kier alpha value is -6.68. The topological polar surface area (TPSA) is 128 Å². The van der Waals surface area contributed by atoms with E-state index in [9.17, 15) is 24.3 Å². The number of hydrogen-bond acceptors (Lipinski definition) is 8. The van der Waals surface area contributed by atoms with Gasteiger partial charge in [-0.3, -0.25) is 29.0 Å². The van der Waals surface area contributed by atoms with E-state index in [1.165, 1.54) is 16.9 Å². The molecular weight excluding hydrogens is 693 g/mol. The van der Waals surface area contributed by atoms with Gasteiger partial charge in [0.15, 0.2) is 11.5 Å². The molecule has 5 aromatic rings. The van der Waals surface area contributed by atoms with Crippen LogP contribution in [0.25, 0.3) is 0 Å². The minimum absolute atomic E-state index is 0.118. The number of allylic oxidation sites excluding steroid dienone is 2. The number of phenols is 1. The molecule has 4 amide bonds. The van der Waals surface area contributed by atoms with Crippen molar-refractivity contribution in [3.8, 4) is 11.5 Å². The van der Waals surface area contributed by atoms with E-state index in [1.807, 2.05) is 91.0 Å². The number of nitrogens with one attached hydrogen (secondary N) is 2. The molecule has 0 radical (unpaired) electrons. The molecule has 0 unspecified atom stereocenters. The number of rotatable bonds is 8. The molecule has 2 aliphatic carbocycles. The summed E-state index contributed by atoms with van der Waals surface area (Å²) in [6, 6.07) is 38.9. The normalized spacial score (nSPS) is 24.2. The summed E-state index contributed by atoms with van der Waals surface area (Å²) < 4.78 is 5.47. The lowest BCUT2D eigenvalue weighted by molar-refractivity contribution is -0.126. The first kappa shape index (κ1) is 34.1. The van der Waals surface area contributed by atoms with E-state index in [-0.39, 0.29) is 41.5 Å². The number of phenolic OH excluding ortho intramolecular Hbond substituents is 1. The second-order valence-electron chi connectivity index (χ2n) is 14.5. The van der Waals surface area contributed by atoms with Crippen LogP contribution < -0.4 is 25.2 Å². The summed E-state index contributed by atoms with van der Waals surface area (Å²) in [4.78, 5) is 60.2. The highest BCUT2D eigenvalue weighted by Crippen LogP contribution is 2.60. The van der Waals surface area contributed by atoms with Crippen molar-refractivity contribution in [2.24, 2.45) is 29.6 Å². The molecule has 0 spiro atoms. The lowest BCUT2D eigenvalue weighted by Crippen LogP contribution is -2.43. The Morgan fingerprint density at radius 2 is 1.07 bits per heavy atom. The summed E-state index contributed by atoms with van der Waals surface area (Å²) in [5.74, 6) is -5.41. The minimum Gasteiger partial charge on any atom is -0.504 e. The fourth-order valence-corrected chi connectivity index (χ4v) is 9.16. The molecule has 55 heavy (non-hydrogen) atoms. The zero-order valence-electron chi connectivity index (χ0n) is 30.0. The van der Waals surface area contributed by atoms with Gasteiger partial charge in [0.05, 0.1) is 42.2 Å². The Balaban J connectivity index is 1.05. The number of imide groups is 2. The summed E-state index contributed by atoms with van der Waals surface area (Å²) in [5.41, 5.74) is 5.58. The monoisotopic (exact) mass is 730 g/mol. The summed E-state index contributed by atoms with van der Waals surface area (Å²) in [6.07, 6.45) is 2.49. The molecule has 2 saturated heterocycles. The number of anilines is 6. The number of benzene rings is 5. The number of hydrogen-bond donors (Lipinski definition) is 3. The molecule has 3 fully saturated rings. The molecule has 10 nitrogen and oxygen atoms in total. The number of carbonyl (C=O) groups excluding carboxylic acids is 4. The highest BCUT2D eigenvalue weighted by molar-refractivity contribution is 6.24. The SMILES string of the molecule is COc1cccc([C@H]2C3=CC[C@@H]4C(=O)N(c5ccc(Nc6ccccc6)cc5)C(=O)[C@@H]4[C@@H]3C[C@H]3C(=O)N(c4ccc(Nc5ccccc5)cc4)C(=O)[C@@H]23)c1O. The zero-order chi connectivity index (χ0) is 37.8. The lowest BCUT2D eigenvalue weighted by Gasteiger charge is -2.44. The number of amides is 4. The van der Waals surface area contributed by atoms with Crippen LogP contribution in [0.3, 0.4) is 0 Å². The van der Waals surface area contributed by atoms with Crippen molar-refractivity contribution in [1.82, 2.24) is 0 Å². The molecular formula is C45H38N4O6. The maximum Gasteiger partial charge on any atom is 0.238 e. The number of aromatic hydroxyl groups is 1. The first-order valence-corrected chi connectivity index (χ1v) is 18.5. The van der Waals surface area contributed by atoms with Gasteiger partial charge in [-0.05, 0) is 97.6 Å². The van der Waals surface area contributed by atoms with Crippen LogP contribution in [0.5, 0.6) is 11.5 Å². The highest BCUT2D eigenvalue weighted by Gasteiger charge is 2.62. The van der Waals surface area contributed by atoms with E-state index < -0.39 is 35.5 Å². The molecule has 0 bridgehead atoms. The molecule has 3 N–H and O–H groups in total. The third kappa shape index (κ3) is 5.72. The molecule has 10 heteroatoms. The van der Waals surface area contributed by atoms with Crippen LogP contribution in [0.15, 0.2) is 139 Å². The number of fused-ring (bicyclic) bond motifs is 4. The number of carbonyl (C=O) groups is 4. The van der Waals surface area contributed by atoms with Crippen molar-refractivity contribution in [3.63, 3.8) is 0 Å². The summed E-state index contributed by atoms with van der Waals surface area (Å²) in [5, 5.41) is 18.2. The average molecular weight is 731 g/mol. The van der Waals surface area contributed by atoms with Gasteiger partial charge in [-0.2, -0.15) is 0 Å². The zero-order valence-corrected chi connectivity index (χ0v) is 30.0. The maximum atomic E-state index is 14.6. The molecule has 1 saturated carbocycles. The Morgan fingerprint density at radius 3 is 1.62 bits per heavy atom. The highest BCUT2D eigenvalue weighted by atomic mass is 16.5. The van der Waals surface area contributed by atoms with E-state index in [2.05, 4.69) is 10.6 Å². The van der Waals surface area contributed by atoms with Crippen molar-refractivity contribution < 1.29 is 29.0 Å². The first-order valence-electron chi connectivity index (χ1n) is 18.5. The van der Waals surface area contributed by atoms with E-state index in [1.54, 1.807) is 42.5 Å². The van der Waals surface area contributed by atoms with Crippen molar-refractivity contribution in [3.05, 3.63) is 145 Å². The van der Waals surface area contributed by atoms with Crippen LogP contribution in [0.4, 0.5) is 34.1 Å². The molecule has 5 aromatic carbocycles. The van der Waals surface area contributed by atoms with Gasteiger partial charge >= 0.3 is 0 Å². The Kier molecular flexibility index (Phi) is 8.45. The van der Waals surface area contributed by atoms with Gasteiger partial charge in [0.25, 0.3) is 0 Å². The molecule has 9 rings (SSSR count). The molecule has 0 aromatic heterocycles. The van der Waals surface area contributed by atoms with E-state index in [0.717, 1.165) is 28.3 Å². The quantitative estimate of drug-likeness (QED) is 0.109. The predicted molar refractivity (Wildman–Crippen MR) is 209 cm³/mol. The van der Waals surface area contributed by atoms with Gasteiger partial charge < -0.3 is 20.5 Å². The Morgan fingerprint density at radius 1 is 0.564 bits per heavy atom. The average Bonchev–Trinajstić information content (AvgIpc) is 3.62. The van der Waals surface area contributed by atoms with Crippen molar-refractivity contribution in [2.45, 2.75) is 18.8 Å². The summed E-state index contributed by atoms with van der Waals surface area (Å²) in [6.45, 7) is 0. The molecule has 274 valence electrons. The second-order valence-corrected chi connectivity index (χ2v) is 14.5. The number of nitrogens with zero attached hydrogens (tertiary/aromatic N) is 2. The summed E-state index contributed by atoms with van der Waals surface area (Å²) >= 11 is 0. The van der Waals surface area contributed by atoms with Gasteiger partial charge in [0.1, 0.15) is 0 Å². The standard InChI is InChI=1S/C45H38N4O6/c1-55-37-14-8-13-33(41(37)50)38-32-23-24-34-39(44(53)48(42(34)51)30-19-15-28(16-20-30)46-26-9-4-2-5-10-26)35(32)25-36-40(38)45(54)49(43(36)52)31-21-17-29(18-22-31)47-27-11-6-3-7-12-27/h2-23,34-36,38-40,46-47,50H,24-25H2,1H3/t34-,35+,36+,38+,39-,40+/m0/s1.